The van der Waals surface area contributed by atoms with Gasteiger partial charge in [-0.05, 0) is 17.7 Å². The molecule has 0 aliphatic carbocycles. The number of carbonyl (C=O) groups excluding carboxylic acids is 3. The highest BCUT2D eigenvalue weighted by molar-refractivity contribution is 6.15. The highest BCUT2D eigenvalue weighted by Gasteiger charge is 2.66. The number of carbonyl (C=O) groups is 3. The van der Waals surface area contributed by atoms with E-state index in [4.69, 9.17) is 0 Å². The first-order valence-corrected chi connectivity index (χ1v) is 8.39. The molecule has 5 rings (SSSR count). The van der Waals surface area contributed by atoms with E-state index >= 15 is 0 Å². The van der Waals surface area contributed by atoms with Gasteiger partial charge in [-0.25, -0.2) is 0 Å². The molecule has 3 aliphatic heterocycles. The minimum atomic E-state index is -0.617. The fourth-order valence-corrected chi connectivity index (χ4v) is 4.74. The number of imide groups is 1. The van der Waals surface area contributed by atoms with E-state index in [1.54, 1.807) is 6.07 Å². The zero-order valence-corrected chi connectivity index (χ0v) is 13.6. The zero-order valence-electron chi connectivity index (χ0n) is 13.6. The van der Waals surface area contributed by atoms with Crippen LogP contribution in [0.2, 0.25) is 0 Å². The molecule has 5 heteroatoms. The second kappa shape index (κ2) is 4.79. The number of Topliss-reactive ketones (excluding diaryl/α,β-unsaturated/α-hetero) is 1. The Morgan fingerprint density at radius 3 is 2.08 bits per heavy atom. The molecule has 2 amide bonds. The second-order valence-corrected chi connectivity index (χ2v) is 6.87. The first-order valence-electron chi connectivity index (χ1n) is 8.39. The van der Waals surface area contributed by atoms with Gasteiger partial charge in [0, 0.05) is 18.3 Å². The van der Waals surface area contributed by atoms with Crippen LogP contribution in [0.15, 0.2) is 54.6 Å². The van der Waals surface area contributed by atoms with Crippen molar-refractivity contribution < 1.29 is 14.4 Å². The van der Waals surface area contributed by atoms with Gasteiger partial charge in [0.15, 0.2) is 5.78 Å². The van der Waals surface area contributed by atoms with E-state index in [2.05, 4.69) is 0 Å². The number of likely N-dealkylation sites (tertiary alicyclic amines) is 1. The van der Waals surface area contributed by atoms with Gasteiger partial charge in [-0.3, -0.25) is 19.3 Å². The van der Waals surface area contributed by atoms with Crippen molar-refractivity contribution in [3.63, 3.8) is 0 Å². The van der Waals surface area contributed by atoms with Crippen molar-refractivity contribution in [2.75, 3.05) is 11.9 Å². The van der Waals surface area contributed by atoms with Gasteiger partial charge in [0.2, 0.25) is 11.8 Å². The molecule has 5 nitrogen and oxygen atoms in total. The van der Waals surface area contributed by atoms with Crippen molar-refractivity contribution in [1.29, 1.82) is 0 Å². The normalized spacial score (nSPS) is 29.9. The van der Waals surface area contributed by atoms with Crippen molar-refractivity contribution in [3.8, 4) is 0 Å². The van der Waals surface area contributed by atoms with Crippen LogP contribution in [-0.2, 0) is 9.59 Å². The lowest BCUT2D eigenvalue weighted by atomic mass is 9.88. The number of para-hydroxylation sites is 1. The Bertz CT molecular complexity index is 924. The zero-order chi connectivity index (χ0) is 17.3. The Kier molecular flexibility index (Phi) is 2.76. The molecule has 2 aromatic rings. The third-order valence-electron chi connectivity index (χ3n) is 5.77. The minimum Gasteiger partial charge on any atom is -0.352 e. The molecular formula is C20H16N2O3. The predicted octanol–water partition coefficient (Wildman–Crippen LogP) is 2.04. The molecule has 2 bridgehead atoms. The largest absolute Gasteiger partial charge is 0.352 e. The van der Waals surface area contributed by atoms with Crippen molar-refractivity contribution in [1.82, 2.24) is 4.90 Å². The van der Waals surface area contributed by atoms with Gasteiger partial charge < -0.3 is 4.90 Å². The summed E-state index contributed by atoms with van der Waals surface area (Å²) in [5, 5.41) is 0. The molecule has 0 unspecified atom stereocenters. The van der Waals surface area contributed by atoms with Crippen LogP contribution in [0.1, 0.15) is 22.0 Å². The summed E-state index contributed by atoms with van der Waals surface area (Å²) in [4.78, 5) is 42.0. The molecule has 2 fully saturated rings. The molecule has 0 aromatic heterocycles. The summed E-state index contributed by atoms with van der Waals surface area (Å²) in [5.41, 5.74) is 2.36. The van der Waals surface area contributed by atoms with Crippen LogP contribution in [0, 0.1) is 11.8 Å². The average Bonchev–Trinajstić information content (AvgIpc) is 3.07. The maximum Gasteiger partial charge on any atom is 0.235 e. The van der Waals surface area contributed by atoms with Gasteiger partial charge in [-0.1, -0.05) is 42.5 Å². The summed E-state index contributed by atoms with van der Waals surface area (Å²) in [6, 6.07) is 16.1. The van der Waals surface area contributed by atoms with E-state index in [9.17, 15) is 14.4 Å². The molecule has 2 aromatic carbocycles. The number of anilines is 1. The molecule has 0 saturated carbocycles. The Labute approximate surface area is 144 Å². The monoisotopic (exact) mass is 332 g/mol. The number of fused-ring (bicyclic) bond motifs is 7. The number of nitrogens with zero attached hydrogens (tertiary/aromatic N) is 2. The lowest BCUT2D eigenvalue weighted by molar-refractivity contribution is -0.138. The summed E-state index contributed by atoms with van der Waals surface area (Å²) in [7, 11) is 1.52. The fraction of sp³-hybridized carbons (Fsp3) is 0.250. The summed E-state index contributed by atoms with van der Waals surface area (Å²) < 4.78 is 0. The SMILES string of the molecule is CN1C(=O)[C@@H]2[C@H](C1=O)[C@H]1c3ccccc3C(=O)[C@H]2N1c1ccccc1. The van der Waals surface area contributed by atoms with Gasteiger partial charge in [-0.15, -0.1) is 0 Å². The molecule has 3 aliphatic rings. The van der Waals surface area contributed by atoms with Crippen LogP contribution in [0.5, 0.6) is 0 Å². The summed E-state index contributed by atoms with van der Waals surface area (Å²) in [6.07, 6.45) is 0. The van der Waals surface area contributed by atoms with Gasteiger partial charge in [0.05, 0.1) is 17.9 Å². The molecule has 0 N–H and O–H groups in total. The maximum absolute atomic E-state index is 13.2. The summed E-state index contributed by atoms with van der Waals surface area (Å²) in [6.45, 7) is 0. The van der Waals surface area contributed by atoms with Crippen LogP contribution in [0.3, 0.4) is 0 Å². The van der Waals surface area contributed by atoms with Crippen LogP contribution in [0.25, 0.3) is 0 Å². The van der Waals surface area contributed by atoms with Crippen LogP contribution in [0.4, 0.5) is 5.69 Å². The quantitative estimate of drug-likeness (QED) is 0.750. The summed E-state index contributed by atoms with van der Waals surface area (Å²) in [5.74, 6) is -1.62. The molecule has 0 spiro atoms. The Balaban J connectivity index is 1.78. The number of amides is 2. The minimum absolute atomic E-state index is 0.0698. The lowest BCUT2D eigenvalue weighted by Gasteiger charge is -2.39. The second-order valence-electron chi connectivity index (χ2n) is 6.87. The van der Waals surface area contributed by atoms with Gasteiger partial charge >= 0.3 is 0 Å². The van der Waals surface area contributed by atoms with Gasteiger partial charge in [0.1, 0.15) is 6.04 Å². The van der Waals surface area contributed by atoms with E-state index in [0.717, 1.165) is 11.3 Å². The fourth-order valence-electron chi connectivity index (χ4n) is 4.74. The number of benzene rings is 2. The molecule has 0 radical (unpaired) electrons. The van der Waals surface area contributed by atoms with E-state index < -0.39 is 17.9 Å². The van der Waals surface area contributed by atoms with Crippen molar-refractivity contribution in [2.24, 2.45) is 11.8 Å². The Hall–Kier alpha value is -2.95. The van der Waals surface area contributed by atoms with E-state index in [0.29, 0.717) is 5.56 Å². The topological polar surface area (TPSA) is 57.7 Å². The molecule has 3 heterocycles. The smallest absolute Gasteiger partial charge is 0.235 e. The molecular weight excluding hydrogens is 316 g/mol. The molecule has 25 heavy (non-hydrogen) atoms. The average molecular weight is 332 g/mol. The van der Waals surface area contributed by atoms with E-state index in [1.165, 1.54) is 11.9 Å². The Morgan fingerprint density at radius 1 is 0.760 bits per heavy atom. The third kappa shape index (κ3) is 1.65. The third-order valence-corrected chi connectivity index (χ3v) is 5.77. The number of ketones is 1. The highest BCUT2D eigenvalue weighted by atomic mass is 16.2. The number of rotatable bonds is 1. The maximum atomic E-state index is 13.2. The lowest BCUT2D eigenvalue weighted by Crippen LogP contribution is -2.48. The number of hydrogen-bond donors (Lipinski definition) is 0. The van der Waals surface area contributed by atoms with Crippen molar-refractivity contribution in [3.05, 3.63) is 65.7 Å². The standard InChI is InChI=1S/C20H16N2O3/c1-21-19(24)14-15(20(21)25)17-18(23)13-10-6-5-9-12(13)16(14)22(17)11-7-3-2-4-8-11/h2-10,14-17H,1H3/t14-,15+,16+,17-/m0/s1. The van der Waals surface area contributed by atoms with Gasteiger partial charge in [-0.2, -0.15) is 0 Å². The van der Waals surface area contributed by atoms with Crippen molar-refractivity contribution in [2.45, 2.75) is 12.1 Å². The first-order chi connectivity index (χ1) is 12.1. The van der Waals surface area contributed by atoms with Crippen molar-refractivity contribution >= 4 is 23.3 Å². The Morgan fingerprint density at radius 2 is 1.36 bits per heavy atom. The summed E-state index contributed by atoms with van der Waals surface area (Å²) >= 11 is 0. The predicted molar refractivity (Wildman–Crippen MR) is 91.0 cm³/mol. The van der Waals surface area contributed by atoms with Crippen LogP contribution < -0.4 is 4.90 Å². The highest BCUT2D eigenvalue weighted by Crippen LogP contribution is 2.55. The van der Waals surface area contributed by atoms with Gasteiger partial charge in [0.25, 0.3) is 0 Å². The molecule has 4 atom stereocenters. The molecule has 124 valence electrons. The number of hydrogen-bond acceptors (Lipinski definition) is 4. The molecule has 2 saturated heterocycles. The van der Waals surface area contributed by atoms with E-state index in [1.807, 2.05) is 53.4 Å². The van der Waals surface area contributed by atoms with E-state index in [-0.39, 0.29) is 23.6 Å². The van der Waals surface area contributed by atoms with Crippen LogP contribution >= 0.6 is 0 Å². The van der Waals surface area contributed by atoms with Crippen LogP contribution in [-0.4, -0.2) is 35.6 Å². The first kappa shape index (κ1) is 14.4.